The summed E-state index contributed by atoms with van der Waals surface area (Å²) in [5, 5.41) is 9.21. The summed E-state index contributed by atoms with van der Waals surface area (Å²) < 4.78 is 18.9. The van der Waals surface area contributed by atoms with Gasteiger partial charge in [0.1, 0.15) is 11.6 Å². The van der Waals surface area contributed by atoms with Crippen molar-refractivity contribution in [1.82, 2.24) is 10.7 Å². The van der Waals surface area contributed by atoms with Gasteiger partial charge in [-0.3, -0.25) is 9.59 Å². The van der Waals surface area contributed by atoms with Crippen molar-refractivity contribution in [2.45, 2.75) is 32.6 Å². The average molecular weight is 440 g/mol. The van der Waals surface area contributed by atoms with E-state index in [1.165, 1.54) is 29.1 Å². The quantitative estimate of drug-likeness (QED) is 0.564. The highest BCUT2D eigenvalue weighted by Gasteiger charge is 2.28. The van der Waals surface area contributed by atoms with Gasteiger partial charge in [-0.15, -0.1) is 11.3 Å². The first kappa shape index (κ1) is 21.0. The number of hydrogen-bond donors (Lipinski definition) is 2. The number of benzene rings is 1. The Balaban J connectivity index is 1.47. The van der Waals surface area contributed by atoms with Crippen LogP contribution in [0.4, 0.5) is 4.39 Å². The summed E-state index contributed by atoms with van der Waals surface area (Å²) in [5.41, 5.74) is 5.03. The molecule has 3 aromatic rings. The minimum Gasteiger partial charge on any atom is -0.455 e. The first-order chi connectivity index (χ1) is 15.0. The maximum Gasteiger partial charge on any atom is 0.287 e. The molecule has 0 saturated heterocycles. The Morgan fingerprint density at radius 1 is 1.16 bits per heavy atom. The molecule has 1 aromatic carbocycles. The molecule has 0 spiro atoms. The fraction of sp³-hybridized carbons (Fsp3) is 0.261. The van der Waals surface area contributed by atoms with Gasteiger partial charge in [0, 0.05) is 34.5 Å². The van der Waals surface area contributed by atoms with Crippen molar-refractivity contribution in [3.8, 4) is 0 Å². The number of furan rings is 1. The van der Waals surface area contributed by atoms with Gasteiger partial charge in [0.15, 0.2) is 5.76 Å². The summed E-state index contributed by atoms with van der Waals surface area (Å²) in [6, 6.07) is 9.28. The minimum absolute atomic E-state index is 0.252. The topological polar surface area (TPSA) is 83.7 Å². The van der Waals surface area contributed by atoms with Crippen LogP contribution >= 0.6 is 11.3 Å². The van der Waals surface area contributed by atoms with Crippen molar-refractivity contribution in [2.75, 3.05) is 6.54 Å². The summed E-state index contributed by atoms with van der Waals surface area (Å²) in [7, 11) is 0. The van der Waals surface area contributed by atoms with Crippen molar-refractivity contribution in [2.24, 2.45) is 5.10 Å². The zero-order chi connectivity index (χ0) is 21.8. The second-order valence-corrected chi connectivity index (χ2v) is 8.33. The standard InChI is InChI=1S/C23H22FN3O3S/c1-14-20-18(26-27-22(28)15-7-9-16(24)10-8-15)5-2-6-19(20)30-21(14)23(29)25-12-11-17-4-3-13-31-17/h3-4,7-10,13H,2,5-6,11-12H2,1H3,(H,25,29)(H,27,28)/b26-18+. The van der Waals surface area contributed by atoms with E-state index in [0.717, 1.165) is 24.0 Å². The first-order valence-electron chi connectivity index (χ1n) is 10.1. The zero-order valence-corrected chi connectivity index (χ0v) is 17.9. The lowest BCUT2D eigenvalue weighted by atomic mass is 9.93. The van der Waals surface area contributed by atoms with Crippen LogP contribution in [0.2, 0.25) is 0 Å². The number of halogens is 1. The Bertz CT molecular complexity index is 1120. The smallest absolute Gasteiger partial charge is 0.287 e. The van der Waals surface area contributed by atoms with Crippen LogP contribution in [0.3, 0.4) is 0 Å². The predicted octanol–water partition coefficient (Wildman–Crippen LogP) is 4.23. The third-order valence-corrected chi connectivity index (χ3v) is 6.10. The third-order valence-electron chi connectivity index (χ3n) is 5.17. The van der Waals surface area contributed by atoms with Crippen molar-refractivity contribution in [1.29, 1.82) is 0 Å². The molecule has 2 N–H and O–H groups in total. The maximum absolute atomic E-state index is 13.1. The molecule has 6 nitrogen and oxygen atoms in total. The number of hydrogen-bond acceptors (Lipinski definition) is 5. The fourth-order valence-electron chi connectivity index (χ4n) is 3.62. The van der Waals surface area contributed by atoms with Crippen LogP contribution < -0.4 is 10.7 Å². The van der Waals surface area contributed by atoms with E-state index < -0.39 is 11.7 Å². The van der Waals surface area contributed by atoms with Crippen LogP contribution in [0, 0.1) is 12.7 Å². The van der Waals surface area contributed by atoms with Crippen LogP contribution in [-0.2, 0) is 12.8 Å². The molecule has 0 bridgehead atoms. The summed E-state index contributed by atoms with van der Waals surface area (Å²) >= 11 is 1.66. The van der Waals surface area contributed by atoms with Crippen LogP contribution in [0.15, 0.2) is 51.3 Å². The normalized spacial score (nSPS) is 14.3. The maximum atomic E-state index is 13.1. The van der Waals surface area contributed by atoms with Gasteiger partial charge in [0.25, 0.3) is 11.8 Å². The number of hydrazone groups is 1. The van der Waals surface area contributed by atoms with E-state index in [0.29, 0.717) is 36.4 Å². The van der Waals surface area contributed by atoms with E-state index >= 15 is 0 Å². The Labute approximate surface area is 183 Å². The molecule has 0 saturated carbocycles. The molecule has 0 aliphatic heterocycles. The number of nitrogens with zero attached hydrogens (tertiary/aromatic N) is 1. The van der Waals surface area contributed by atoms with Crippen LogP contribution in [0.1, 0.15) is 55.5 Å². The van der Waals surface area contributed by atoms with Crippen LogP contribution in [0.5, 0.6) is 0 Å². The van der Waals surface area contributed by atoms with Gasteiger partial charge in [0.05, 0.1) is 5.71 Å². The SMILES string of the molecule is Cc1c(C(=O)NCCc2cccs2)oc2c1/C(=N/NC(=O)c1ccc(F)cc1)CCC2. The van der Waals surface area contributed by atoms with Gasteiger partial charge >= 0.3 is 0 Å². The lowest BCUT2D eigenvalue weighted by Crippen LogP contribution is -2.26. The number of carbonyl (C=O) groups excluding carboxylic acids is 2. The predicted molar refractivity (Wildman–Crippen MR) is 117 cm³/mol. The molecule has 8 heteroatoms. The molecule has 0 fully saturated rings. The number of fused-ring (bicyclic) bond motifs is 1. The molecular formula is C23H22FN3O3S. The third kappa shape index (κ3) is 4.74. The van der Waals surface area contributed by atoms with E-state index in [2.05, 4.69) is 15.8 Å². The Kier molecular flexibility index (Phi) is 6.27. The van der Waals surface area contributed by atoms with Crippen molar-refractivity contribution < 1.29 is 18.4 Å². The number of thiophene rings is 1. The van der Waals surface area contributed by atoms with Crippen LogP contribution in [0.25, 0.3) is 0 Å². The Hall–Kier alpha value is -3.26. The van der Waals surface area contributed by atoms with E-state index in [1.807, 2.05) is 24.4 Å². The number of rotatable bonds is 6. The average Bonchev–Trinajstić information content (AvgIpc) is 3.41. The summed E-state index contributed by atoms with van der Waals surface area (Å²) in [6.07, 6.45) is 2.95. The summed E-state index contributed by atoms with van der Waals surface area (Å²) in [5.74, 6) is -0.0851. The van der Waals surface area contributed by atoms with Crippen molar-refractivity contribution in [3.63, 3.8) is 0 Å². The number of nitrogens with one attached hydrogen (secondary N) is 2. The first-order valence-corrected chi connectivity index (χ1v) is 11.0. The second-order valence-electron chi connectivity index (χ2n) is 7.30. The molecule has 2 aromatic heterocycles. The molecule has 0 radical (unpaired) electrons. The minimum atomic E-state index is -0.424. The molecule has 0 unspecified atom stereocenters. The summed E-state index contributed by atoms with van der Waals surface area (Å²) in [4.78, 5) is 26.2. The fourth-order valence-corrected chi connectivity index (χ4v) is 4.32. The Morgan fingerprint density at radius 2 is 1.97 bits per heavy atom. The van der Waals surface area contributed by atoms with Gasteiger partial charge in [-0.1, -0.05) is 6.07 Å². The van der Waals surface area contributed by atoms with Gasteiger partial charge in [-0.2, -0.15) is 5.10 Å². The Morgan fingerprint density at radius 3 is 2.71 bits per heavy atom. The molecule has 160 valence electrons. The van der Waals surface area contributed by atoms with Gasteiger partial charge in [0.2, 0.25) is 0 Å². The van der Waals surface area contributed by atoms with E-state index in [4.69, 9.17) is 4.42 Å². The molecule has 0 atom stereocenters. The zero-order valence-electron chi connectivity index (χ0n) is 17.0. The lowest BCUT2D eigenvalue weighted by Gasteiger charge is -2.13. The number of aryl methyl sites for hydroxylation is 1. The van der Waals surface area contributed by atoms with Gasteiger partial charge in [-0.25, -0.2) is 9.82 Å². The molecule has 31 heavy (non-hydrogen) atoms. The highest BCUT2D eigenvalue weighted by atomic mass is 32.1. The van der Waals surface area contributed by atoms with Gasteiger partial charge < -0.3 is 9.73 Å². The molecule has 2 heterocycles. The largest absolute Gasteiger partial charge is 0.455 e. The lowest BCUT2D eigenvalue weighted by molar-refractivity contribution is 0.0922. The molecular weight excluding hydrogens is 417 g/mol. The van der Waals surface area contributed by atoms with Gasteiger partial charge in [-0.05, 0) is 61.9 Å². The summed E-state index contributed by atoms with van der Waals surface area (Å²) in [6.45, 7) is 2.36. The number of carbonyl (C=O) groups is 2. The monoisotopic (exact) mass is 439 g/mol. The van der Waals surface area contributed by atoms with E-state index in [-0.39, 0.29) is 11.7 Å². The number of amides is 2. The van der Waals surface area contributed by atoms with Crippen LogP contribution in [-0.4, -0.2) is 24.1 Å². The molecule has 2 amide bonds. The van der Waals surface area contributed by atoms with Crippen molar-refractivity contribution in [3.05, 3.63) is 80.7 Å². The highest BCUT2D eigenvalue weighted by molar-refractivity contribution is 7.09. The molecule has 4 rings (SSSR count). The molecule has 1 aliphatic carbocycles. The second kappa shape index (κ2) is 9.26. The highest BCUT2D eigenvalue weighted by Crippen LogP contribution is 2.29. The van der Waals surface area contributed by atoms with E-state index in [1.54, 1.807) is 11.3 Å². The van der Waals surface area contributed by atoms with E-state index in [9.17, 15) is 14.0 Å². The molecule has 1 aliphatic rings. The van der Waals surface area contributed by atoms with Crippen molar-refractivity contribution >= 4 is 28.9 Å².